The minimum atomic E-state index is -0.707. The van der Waals surface area contributed by atoms with Crippen molar-refractivity contribution in [1.29, 1.82) is 0 Å². The molecular weight excluding hydrogens is 291 g/mol. The number of rotatable bonds is 3. The Morgan fingerprint density at radius 3 is 2.76 bits per heavy atom. The van der Waals surface area contributed by atoms with Crippen molar-refractivity contribution in [2.45, 2.75) is 37.8 Å². The van der Waals surface area contributed by atoms with Crippen molar-refractivity contribution < 1.29 is 24.1 Å². The standard InChI is InChI=1S/C15H21O5P/c1-9-12(16)15(18-8-21)19-11-7-17-14(20-13(9)11)10-5-3-2-4-6-10/h2-6,9,11-16H,7-8,21H2,1H3/t9-,11?,12?,13+,14?,15+/m1/s1. The Morgan fingerprint density at radius 1 is 1.29 bits per heavy atom. The lowest BCUT2D eigenvalue weighted by Gasteiger charge is -2.47. The fraction of sp³-hybridized carbons (Fsp3) is 0.600. The monoisotopic (exact) mass is 312 g/mol. The van der Waals surface area contributed by atoms with E-state index in [1.807, 2.05) is 37.3 Å². The fourth-order valence-electron chi connectivity index (χ4n) is 2.84. The van der Waals surface area contributed by atoms with Gasteiger partial charge in [-0.05, 0) is 0 Å². The van der Waals surface area contributed by atoms with Gasteiger partial charge >= 0.3 is 0 Å². The highest BCUT2D eigenvalue weighted by atomic mass is 31.0. The third kappa shape index (κ3) is 3.14. The van der Waals surface area contributed by atoms with E-state index in [2.05, 4.69) is 9.24 Å². The summed E-state index contributed by atoms with van der Waals surface area (Å²) >= 11 is 0. The normalized spacial score (nSPS) is 39.8. The van der Waals surface area contributed by atoms with Gasteiger partial charge in [0.2, 0.25) is 0 Å². The average Bonchev–Trinajstić information content (AvgIpc) is 2.53. The zero-order chi connectivity index (χ0) is 14.8. The molecule has 6 heteroatoms. The van der Waals surface area contributed by atoms with E-state index in [1.165, 1.54) is 0 Å². The number of hydrogen-bond acceptors (Lipinski definition) is 5. The van der Waals surface area contributed by atoms with Gasteiger partial charge in [0.1, 0.15) is 12.2 Å². The largest absolute Gasteiger partial charge is 0.387 e. The van der Waals surface area contributed by atoms with Gasteiger partial charge < -0.3 is 24.1 Å². The second-order valence-corrected chi connectivity index (χ2v) is 5.74. The van der Waals surface area contributed by atoms with Gasteiger partial charge in [0, 0.05) is 11.5 Å². The van der Waals surface area contributed by atoms with E-state index in [0.29, 0.717) is 13.0 Å². The van der Waals surface area contributed by atoms with Crippen LogP contribution in [-0.4, -0.2) is 42.7 Å². The van der Waals surface area contributed by atoms with Crippen molar-refractivity contribution in [2.24, 2.45) is 5.92 Å². The molecule has 0 bridgehead atoms. The predicted molar refractivity (Wildman–Crippen MR) is 79.5 cm³/mol. The summed E-state index contributed by atoms with van der Waals surface area (Å²) < 4.78 is 22.9. The quantitative estimate of drug-likeness (QED) is 0.861. The lowest BCUT2D eigenvalue weighted by molar-refractivity contribution is -0.349. The summed E-state index contributed by atoms with van der Waals surface area (Å²) in [6, 6.07) is 9.79. The summed E-state index contributed by atoms with van der Waals surface area (Å²) in [5.74, 6) is -0.0830. The van der Waals surface area contributed by atoms with Crippen LogP contribution in [0.1, 0.15) is 18.8 Å². The van der Waals surface area contributed by atoms with Gasteiger partial charge in [0.25, 0.3) is 0 Å². The van der Waals surface area contributed by atoms with Crippen molar-refractivity contribution in [3.63, 3.8) is 0 Å². The fourth-order valence-corrected chi connectivity index (χ4v) is 3.03. The van der Waals surface area contributed by atoms with Crippen LogP contribution < -0.4 is 0 Å². The molecule has 1 aromatic rings. The molecule has 2 heterocycles. The molecule has 1 aromatic carbocycles. The molecule has 116 valence electrons. The Balaban J connectivity index is 1.71. The Kier molecular flexibility index (Phi) is 4.89. The zero-order valence-electron chi connectivity index (χ0n) is 11.9. The van der Waals surface area contributed by atoms with Gasteiger partial charge in [-0.15, -0.1) is 9.24 Å². The highest BCUT2D eigenvalue weighted by Crippen LogP contribution is 2.36. The van der Waals surface area contributed by atoms with E-state index in [9.17, 15) is 5.11 Å². The van der Waals surface area contributed by atoms with E-state index >= 15 is 0 Å². The third-order valence-corrected chi connectivity index (χ3v) is 4.23. The van der Waals surface area contributed by atoms with Crippen molar-refractivity contribution in [1.82, 2.24) is 0 Å². The van der Waals surface area contributed by atoms with E-state index in [1.54, 1.807) is 0 Å². The smallest absolute Gasteiger partial charge is 0.184 e. The first-order valence-electron chi connectivity index (χ1n) is 7.18. The Bertz CT molecular complexity index is 455. The van der Waals surface area contributed by atoms with Gasteiger partial charge in [-0.25, -0.2) is 0 Å². The van der Waals surface area contributed by atoms with E-state index in [0.717, 1.165) is 5.56 Å². The van der Waals surface area contributed by atoms with Crippen LogP contribution in [0, 0.1) is 5.92 Å². The van der Waals surface area contributed by atoms with Crippen LogP contribution in [0.3, 0.4) is 0 Å². The zero-order valence-corrected chi connectivity index (χ0v) is 13.1. The Labute approximate surface area is 126 Å². The van der Waals surface area contributed by atoms with Crippen LogP contribution in [0.2, 0.25) is 0 Å². The van der Waals surface area contributed by atoms with Crippen LogP contribution >= 0.6 is 9.24 Å². The molecule has 21 heavy (non-hydrogen) atoms. The Hall–Kier alpha value is -0.550. The maximum absolute atomic E-state index is 10.3. The van der Waals surface area contributed by atoms with Crippen LogP contribution in [0.15, 0.2) is 30.3 Å². The van der Waals surface area contributed by atoms with Gasteiger partial charge in [-0.1, -0.05) is 37.3 Å². The summed E-state index contributed by atoms with van der Waals surface area (Å²) in [6.07, 6.45) is -1.75. The molecule has 0 aromatic heterocycles. The summed E-state index contributed by atoms with van der Waals surface area (Å²) in [7, 11) is 2.46. The summed E-state index contributed by atoms with van der Waals surface area (Å²) in [5.41, 5.74) is 0.973. The lowest BCUT2D eigenvalue weighted by atomic mass is 9.90. The second kappa shape index (κ2) is 6.69. The number of benzene rings is 1. The Morgan fingerprint density at radius 2 is 2.05 bits per heavy atom. The van der Waals surface area contributed by atoms with Crippen LogP contribution in [0.4, 0.5) is 0 Å². The van der Waals surface area contributed by atoms with Crippen molar-refractivity contribution in [3.8, 4) is 0 Å². The first-order valence-corrected chi connectivity index (χ1v) is 7.99. The number of aliphatic hydroxyl groups is 1. The topological polar surface area (TPSA) is 57.2 Å². The van der Waals surface area contributed by atoms with Gasteiger partial charge in [0.05, 0.1) is 19.1 Å². The van der Waals surface area contributed by atoms with Gasteiger partial charge in [0.15, 0.2) is 12.6 Å². The molecule has 2 aliphatic rings. The molecule has 0 radical (unpaired) electrons. The van der Waals surface area contributed by atoms with E-state index in [-0.39, 0.29) is 18.1 Å². The minimum absolute atomic E-state index is 0.0830. The van der Waals surface area contributed by atoms with Gasteiger partial charge in [-0.2, -0.15) is 0 Å². The van der Waals surface area contributed by atoms with Crippen molar-refractivity contribution >= 4 is 9.24 Å². The SMILES string of the molecule is C[C@@H]1C(O)[C@@H](OCP)OC2COC(c3ccccc3)O[C@H]21. The lowest BCUT2D eigenvalue weighted by Crippen LogP contribution is -2.58. The maximum Gasteiger partial charge on any atom is 0.184 e. The predicted octanol–water partition coefficient (Wildman–Crippen LogP) is 1.67. The number of ether oxygens (including phenoxy) is 4. The third-order valence-electron chi connectivity index (χ3n) is 4.04. The average molecular weight is 312 g/mol. The van der Waals surface area contributed by atoms with Gasteiger partial charge in [-0.3, -0.25) is 0 Å². The second-order valence-electron chi connectivity index (χ2n) is 5.40. The minimum Gasteiger partial charge on any atom is -0.387 e. The molecule has 5 nitrogen and oxygen atoms in total. The molecule has 0 aliphatic carbocycles. The molecule has 2 fully saturated rings. The summed E-state index contributed by atoms with van der Waals surface area (Å²) in [6.45, 7) is 2.38. The van der Waals surface area contributed by atoms with Crippen molar-refractivity contribution in [3.05, 3.63) is 35.9 Å². The number of hydrogen-bond donors (Lipinski definition) is 1. The molecule has 0 spiro atoms. The van der Waals surface area contributed by atoms with E-state index in [4.69, 9.17) is 18.9 Å². The van der Waals surface area contributed by atoms with E-state index < -0.39 is 18.7 Å². The van der Waals surface area contributed by atoms with Crippen molar-refractivity contribution in [2.75, 3.05) is 13.0 Å². The summed E-state index contributed by atoms with van der Waals surface area (Å²) in [4.78, 5) is 0. The highest BCUT2D eigenvalue weighted by Gasteiger charge is 2.47. The molecule has 0 amide bonds. The summed E-state index contributed by atoms with van der Waals surface area (Å²) in [5, 5.41) is 10.3. The first-order chi connectivity index (χ1) is 10.2. The number of fused-ring (bicyclic) bond motifs is 1. The van der Waals surface area contributed by atoms with Crippen LogP contribution in [-0.2, 0) is 18.9 Å². The molecule has 0 saturated carbocycles. The highest BCUT2D eigenvalue weighted by molar-refractivity contribution is 7.16. The molecule has 2 saturated heterocycles. The first kappa shape index (κ1) is 15.3. The molecule has 2 aliphatic heterocycles. The molecule has 3 rings (SSSR count). The molecule has 4 unspecified atom stereocenters. The number of aliphatic hydroxyl groups excluding tert-OH is 1. The maximum atomic E-state index is 10.3. The molecular formula is C15H21O5P. The van der Waals surface area contributed by atoms with Crippen LogP contribution in [0.25, 0.3) is 0 Å². The molecule has 7 atom stereocenters. The molecule has 1 N–H and O–H groups in total. The van der Waals surface area contributed by atoms with Crippen LogP contribution in [0.5, 0.6) is 0 Å².